The van der Waals surface area contributed by atoms with Gasteiger partial charge < -0.3 is 4.55 Å². The lowest BCUT2D eigenvalue weighted by molar-refractivity contribution is -0.747. The Hall–Kier alpha value is -1.05. The quantitative estimate of drug-likeness (QED) is 0.568. The van der Waals surface area contributed by atoms with Crippen LogP contribution in [0.15, 0.2) is 23.7 Å². The van der Waals surface area contributed by atoms with Gasteiger partial charge in [0.1, 0.15) is 15.6 Å². The van der Waals surface area contributed by atoms with E-state index >= 15 is 0 Å². The molecule has 0 saturated carbocycles. The molecule has 2 aromatic rings. The predicted octanol–water partition coefficient (Wildman–Crippen LogP) is 0.129. The number of hydrogen-bond donors (Lipinski definition) is 0. The summed E-state index contributed by atoms with van der Waals surface area (Å²) >= 11 is 1.56. The van der Waals surface area contributed by atoms with Crippen LogP contribution in [-0.4, -0.2) is 23.8 Å². The van der Waals surface area contributed by atoms with E-state index in [1.807, 2.05) is 17.5 Å². The van der Waals surface area contributed by atoms with Crippen molar-refractivity contribution in [2.45, 2.75) is 6.54 Å². The second-order valence-electron chi connectivity index (χ2n) is 3.01. The van der Waals surface area contributed by atoms with Gasteiger partial charge in [-0.3, -0.25) is 0 Å². The van der Waals surface area contributed by atoms with E-state index in [0.29, 0.717) is 0 Å². The Bertz CT molecular complexity index is 576. The number of rotatable bonds is 3. The second-order valence-corrected chi connectivity index (χ2v) is 5.48. The SMILES string of the molecule is O=S(=O)([O-])CC[n+]1ccc2sccc2n1. The molecule has 0 atom stereocenters. The topological polar surface area (TPSA) is 74.0 Å². The number of fused-ring (bicyclic) bond motifs is 1. The Morgan fingerprint density at radius 2 is 2.27 bits per heavy atom. The first-order valence-corrected chi connectivity index (χ1v) is 6.68. The molecule has 0 amide bonds. The first-order chi connectivity index (χ1) is 7.04. The van der Waals surface area contributed by atoms with Crippen molar-refractivity contribution in [1.29, 1.82) is 0 Å². The maximum Gasteiger partial charge on any atom is 0.197 e. The van der Waals surface area contributed by atoms with E-state index in [-0.39, 0.29) is 6.54 Å². The molecule has 0 fully saturated rings. The van der Waals surface area contributed by atoms with Crippen LogP contribution in [0.4, 0.5) is 0 Å². The Balaban J connectivity index is 2.21. The third-order valence-electron chi connectivity index (χ3n) is 1.88. The largest absolute Gasteiger partial charge is 0.748 e. The normalized spacial score (nSPS) is 12.1. The molecule has 0 aliphatic rings. The zero-order valence-corrected chi connectivity index (χ0v) is 9.29. The van der Waals surface area contributed by atoms with Gasteiger partial charge in [-0.1, -0.05) is 4.68 Å². The van der Waals surface area contributed by atoms with Crippen LogP contribution < -0.4 is 4.68 Å². The van der Waals surface area contributed by atoms with Crippen molar-refractivity contribution in [2.24, 2.45) is 0 Å². The Kier molecular flexibility index (Phi) is 2.68. The average molecular weight is 244 g/mol. The zero-order chi connectivity index (χ0) is 10.9. The molecule has 0 N–H and O–H groups in total. The van der Waals surface area contributed by atoms with Crippen molar-refractivity contribution in [2.75, 3.05) is 5.75 Å². The van der Waals surface area contributed by atoms with Gasteiger partial charge in [0, 0.05) is 11.2 Å². The van der Waals surface area contributed by atoms with E-state index in [1.54, 1.807) is 17.5 Å². The van der Waals surface area contributed by atoms with Crippen LogP contribution in [0, 0.1) is 0 Å². The molecule has 0 aliphatic heterocycles. The molecule has 15 heavy (non-hydrogen) atoms. The molecule has 2 aromatic heterocycles. The fraction of sp³-hybridized carbons (Fsp3) is 0.250. The third kappa shape index (κ3) is 2.71. The van der Waals surface area contributed by atoms with Crippen molar-refractivity contribution in [3.05, 3.63) is 23.7 Å². The first-order valence-electron chi connectivity index (χ1n) is 4.22. The van der Waals surface area contributed by atoms with Crippen LogP contribution in [0.5, 0.6) is 0 Å². The van der Waals surface area contributed by atoms with Crippen LogP contribution in [0.1, 0.15) is 0 Å². The summed E-state index contributed by atoms with van der Waals surface area (Å²) in [6.07, 6.45) is 1.67. The van der Waals surface area contributed by atoms with Gasteiger partial charge in [0.2, 0.25) is 0 Å². The molecule has 0 saturated heterocycles. The molecule has 0 unspecified atom stereocenters. The van der Waals surface area contributed by atoms with E-state index in [4.69, 9.17) is 0 Å². The molecule has 2 heterocycles. The number of hydrogen-bond acceptors (Lipinski definition) is 5. The Morgan fingerprint density at radius 1 is 1.47 bits per heavy atom. The summed E-state index contributed by atoms with van der Waals surface area (Å²) in [6, 6.07) is 3.70. The summed E-state index contributed by atoms with van der Waals surface area (Å²) in [4.78, 5) is 0. The molecule has 2 rings (SSSR count). The first kappa shape index (κ1) is 10.5. The summed E-state index contributed by atoms with van der Waals surface area (Å²) in [6.45, 7) is 0.0949. The van der Waals surface area contributed by atoms with Crippen LogP contribution in [-0.2, 0) is 16.7 Å². The van der Waals surface area contributed by atoms with Crippen molar-refractivity contribution in [1.82, 2.24) is 5.10 Å². The molecule has 7 heteroatoms. The van der Waals surface area contributed by atoms with Gasteiger partial charge in [0.25, 0.3) is 0 Å². The van der Waals surface area contributed by atoms with Gasteiger partial charge >= 0.3 is 0 Å². The Morgan fingerprint density at radius 3 is 3.00 bits per heavy atom. The molecule has 0 radical (unpaired) electrons. The summed E-state index contributed by atoms with van der Waals surface area (Å²) in [7, 11) is -4.17. The molecule has 0 aliphatic carbocycles. The minimum Gasteiger partial charge on any atom is -0.748 e. The van der Waals surface area contributed by atoms with Gasteiger partial charge in [-0.25, -0.2) is 8.42 Å². The van der Waals surface area contributed by atoms with Gasteiger partial charge in [-0.15, -0.1) is 11.3 Å². The molecular formula is C8H8N2O3S2. The van der Waals surface area contributed by atoms with Crippen LogP contribution in [0.3, 0.4) is 0 Å². The molecule has 0 aromatic carbocycles. The zero-order valence-electron chi connectivity index (χ0n) is 7.66. The van der Waals surface area contributed by atoms with E-state index < -0.39 is 15.9 Å². The molecule has 5 nitrogen and oxygen atoms in total. The number of thiophene rings is 1. The van der Waals surface area contributed by atoms with Gasteiger partial charge in [0.15, 0.2) is 12.7 Å². The van der Waals surface area contributed by atoms with E-state index in [1.165, 1.54) is 4.68 Å². The summed E-state index contributed by atoms with van der Waals surface area (Å²) in [5.74, 6) is -0.430. The number of nitrogens with zero attached hydrogens (tertiary/aromatic N) is 2. The highest BCUT2D eigenvalue weighted by Gasteiger charge is 2.07. The smallest absolute Gasteiger partial charge is 0.197 e. The molecule has 0 bridgehead atoms. The van der Waals surface area contributed by atoms with E-state index in [0.717, 1.165) is 10.2 Å². The van der Waals surface area contributed by atoms with Crippen LogP contribution >= 0.6 is 11.3 Å². The lowest BCUT2D eigenvalue weighted by atomic mass is 10.4. The highest BCUT2D eigenvalue weighted by molar-refractivity contribution is 7.85. The van der Waals surface area contributed by atoms with Crippen molar-refractivity contribution < 1.29 is 17.7 Å². The summed E-state index contributed by atoms with van der Waals surface area (Å²) in [5.41, 5.74) is 0.811. The van der Waals surface area contributed by atoms with Gasteiger partial charge in [-0.2, -0.15) is 0 Å². The Labute approximate surface area is 90.7 Å². The molecule has 0 spiro atoms. The number of aryl methyl sites for hydroxylation is 1. The van der Waals surface area contributed by atoms with Gasteiger partial charge in [0.05, 0.1) is 10.5 Å². The summed E-state index contributed by atoms with van der Waals surface area (Å²) < 4.78 is 33.8. The highest BCUT2D eigenvalue weighted by atomic mass is 32.2. The monoisotopic (exact) mass is 244 g/mol. The standard InChI is InChI=1S/C8H8N2O3S2/c11-15(12,13)6-4-10-3-1-8-7(9-10)2-5-14-8/h1-3,5H,4,6H2. The average Bonchev–Trinajstić information content (AvgIpc) is 2.60. The van der Waals surface area contributed by atoms with Crippen molar-refractivity contribution >= 4 is 31.7 Å². The van der Waals surface area contributed by atoms with Crippen LogP contribution in [0.2, 0.25) is 0 Å². The molecule has 80 valence electrons. The third-order valence-corrected chi connectivity index (χ3v) is 3.43. The lowest BCUT2D eigenvalue weighted by Crippen LogP contribution is -2.40. The lowest BCUT2D eigenvalue weighted by Gasteiger charge is -2.01. The fourth-order valence-corrected chi connectivity index (χ4v) is 2.30. The maximum atomic E-state index is 10.4. The van der Waals surface area contributed by atoms with Gasteiger partial charge in [-0.05, 0) is 11.4 Å². The second kappa shape index (κ2) is 3.84. The van der Waals surface area contributed by atoms with E-state index in [2.05, 4.69) is 5.10 Å². The van der Waals surface area contributed by atoms with Crippen molar-refractivity contribution in [3.63, 3.8) is 0 Å². The fourth-order valence-electron chi connectivity index (χ4n) is 1.18. The highest BCUT2D eigenvalue weighted by Crippen LogP contribution is 2.15. The van der Waals surface area contributed by atoms with Crippen molar-refractivity contribution in [3.8, 4) is 0 Å². The minimum atomic E-state index is -4.17. The predicted molar refractivity (Wildman–Crippen MR) is 54.4 cm³/mol. The minimum absolute atomic E-state index is 0.0949. The number of aromatic nitrogens is 2. The van der Waals surface area contributed by atoms with Crippen LogP contribution in [0.25, 0.3) is 10.2 Å². The van der Waals surface area contributed by atoms with E-state index in [9.17, 15) is 13.0 Å². The maximum absolute atomic E-state index is 10.4. The summed E-state index contributed by atoms with van der Waals surface area (Å²) in [5, 5.41) is 6.07. The molecular weight excluding hydrogens is 236 g/mol.